The Labute approximate surface area is 120 Å². The fraction of sp³-hybridized carbons (Fsp3) is 0.875. The molecule has 4 nitrogen and oxygen atoms in total. The predicted octanol–water partition coefficient (Wildman–Crippen LogP) is 1.51. The molecule has 0 atom stereocenters. The van der Waals surface area contributed by atoms with Crippen LogP contribution in [0.15, 0.2) is 0 Å². The number of unbranched alkanes of at least 4 members (excludes halogenated alkanes) is 1. The fourth-order valence-corrected chi connectivity index (χ4v) is 2.47. The molecule has 0 aromatic carbocycles. The van der Waals surface area contributed by atoms with Crippen LogP contribution >= 0.6 is 12.2 Å². The van der Waals surface area contributed by atoms with E-state index in [1.165, 1.54) is 21.3 Å². The van der Waals surface area contributed by atoms with Crippen molar-refractivity contribution in [1.29, 1.82) is 0 Å². The molecule has 0 bridgehead atoms. The van der Waals surface area contributed by atoms with Crippen molar-refractivity contribution in [1.82, 2.24) is 0 Å². The van der Waals surface area contributed by atoms with Crippen LogP contribution < -0.4 is 0 Å². The van der Waals surface area contributed by atoms with Crippen molar-refractivity contribution in [3.63, 3.8) is 0 Å². The molecule has 0 aliphatic carbocycles. The van der Waals surface area contributed by atoms with E-state index in [1.807, 2.05) is 0 Å². The van der Waals surface area contributed by atoms with Crippen LogP contribution in [0, 0.1) is 0 Å². The smallest absolute Gasteiger partial charge is 0.474 e. The number of hydrogen-bond donors (Lipinski definition) is 0. The predicted molar refractivity (Wildman–Crippen MR) is 65.7 cm³/mol. The van der Waals surface area contributed by atoms with Crippen molar-refractivity contribution in [3.8, 4) is 0 Å². The molecule has 0 aromatic heterocycles. The van der Waals surface area contributed by atoms with Gasteiger partial charge in [0.05, 0.1) is 0 Å². The summed E-state index contributed by atoms with van der Waals surface area (Å²) in [6.07, 6.45) is 2.81. The third kappa shape index (κ3) is 7.01. The molecule has 7 heteroatoms. The molecule has 0 aromatic rings. The van der Waals surface area contributed by atoms with Crippen LogP contribution in [0.1, 0.15) is 26.2 Å². The fourth-order valence-electron chi connectivity index (χ4n) is 0.887. The van der Waals surface area contributed by atoms with Crippen LogP contribution in [0.5, 0.6) is 0 Å². The zero-order valence-electron chi connectivity index (χ0n) is 10.2. The van der Waals surface area contributed by atoms with Crippen molar-refractivity contribution < 1.29 is 17.7 Å². The molecule has 0 rings (SSSR count). The first-order chi connectivity index (χ1) is 6.64. The van der Waals surface area contributed by atoms with Crippen molar-refractivity contribution in [2.45, 2.75) is 26.2 Å². The largest absolute Gasteiger partial charge is 0.749 e. The zero-order chi connectivity index (χ0) is 11.0. The van der Waals surface area contributed by atoms with Crippen molar-refractivity contribution in [2.75, 3.05) is 21.3 Å². The van der Waals surface area contributed by atoms with Crippen LogP contribution in [-0.4, -0.2) is 65.0 Å². The van der Waals surface area contributed by atoms with E-state index in [4.69, 9.17) is 29.9 Å². The van der Waals surface area contributed by atoms with Crippen molar-refractivity contribution >= 4 is 55.9 Å². The molecule has 0 aliphatic rings. The topological polar surface area (TPSA) is 36.9 Å². The Bertz CT molecular complexity index is 170. The zero-order valence-corrected chi connectivity index (χ0v) is 14.0. The molecule has 0 saturated heterocycles. The quantitative estimate of drug-likeness (QED) is 0.513. The minimum absolute atomic E-state index is 0. The molecular formula is C8H18NaO4SSi. The van der Waals surface area contributed by atoms with Gasteiger partial charge in [-0.3, -0.25) is 0 Å². The first-order valence-electron chi connectivity index (χ1n) is 4.51. The Balaban J connectivity index is 0. The van der Waals surface area contributed by atoms with Crippen molar-refractivity contribution in [2.24, 2.45) is 0 Å². The van der Waals surface area contributed by atoms with Crippen LogP contribution in [0.3, 0.4) is 0 Å². The van der Waals surface area contributed by atoms with Gasteiger partial charge >= 0.3 is 9.05 Å². The second kappa shape index (κ2) is 10.2. The van der Waals surface area contributed by atoms with Gasteiger partial charge in [-0.2, -0.15) is 0 Å². The SMILES string of the molecule is CCCCC(=S)O[Si](OC)(OC)OC.[Na]. The average molecular weight is 261 g/mol. The Hall–Kier alpha value is 0.987. The summed E-state index contributed by atoms with van der Waals surface area (Å²) in [6.45, 7) is 2.09. The van der Waals surface area contributed by atoms with E-state index in [0.717, 1.165) is 19.3 Å². The third-order valence-corrected chi connectivity index (χ3v) is 4.16. The first kappa shape index (κ1) is 18.4. The number of thiocarbonyl (C=S) groups is 1. The molecule has 0 N–H and O–H groups in total. The van der Waals surface area contributed by atoms with Gasteiger partial charge in [-0.25, -0.2) is 0 Å². The van der Waals surface area contributed by atoms with Crippen molar-refractivity contribution in [3.05, 3.63) is 0 Å². The second-order valence-electron chi connectivity index (χ2n) is 2.69. The van der Waals surface area contributed by atoms with E-state index in [1.54, 1.807) is 0 Å². The maximum Gasteiger partial charge on any atom is 0.749 e. The molecule has 0 unspecified atom stereocenters. The van der Waals surface area contributed by atoms with Gasteiger partial charge in [0.1, 0.15) is 0 Å². The van der Waals surface area contributed by atoms with Gasteiger partial charge in [-0.1, -0.05) is 13.3 Å². The molecule has 1 radical (unpaired) electrons. The van der Waals surface area contributed by atoms with E-state index < -0.39 is 9.05 Å². The molecule has 15 heavy (non-hydrogen) atoms. The van der Waals surface area contributed by atoms with Crippen LogP contribution in [0.2, 0.25) is 0 Å². The maximum atomic E-state index is 5.39. The van der Waals surface area contributed by atoms with Crippen LogP contribution in [0.25, 0.3) is 0 Å². The van der Waals surface area contributed by atoms with E-state index in [0.29, 0.717) is 5.05 Å². The summed E-state index contributed by atoms with van der Waals surface area (Å²) in [5.41, 5.74) is 0. The first-order valence-corrected chi connectivity index (χ1v) is 6.55. The van der Waals surface area contributed by atoms with E-state index in [2.05, 4.69) is 6.92 Å². The molecule has 0 amide bonds. The van der Waals surface area contributed by atoms with Gasteiger partial charge in [0.15, 0.2) is 5.05 Å². The Kier molecular flexibility index (Phi) is 12.4. The number of hydrogen-bond acceptors (Lipinski definition) is 5. The van der Waals surface area contributed by atoms with Gasteiger partial charge in [0, 0.05) is 57.3 Å². The van der Waals surface area contributed by atoms with E-state index in [-0.39, 0.29) is 29.6 Å². The molecule has 0 spiro atoms. The summed E-state index contributed by atoms with van der Waals surface area (Å²) in [6, 6.07) is 0. The Morgan fingerprint density at radius 3 is 1.93 bits per heavy atom. The summed E-state index contributed by atoms with van der Waals surface area (Å²) in [5.74, 6) is 0. The monoisotopic (exact) mass is 261 g/mol. The van der Waals surface area contributed by atoms with Gasteiger partial charge in [-0.15, -0.1) is 0 Å². The average Bonchev–Trinajstić information content (AvgIpc) is 2.23. The third-order valence-electron chi connectivity index (χ3n) is 1.72. The molecule has 0 aliphatic heterocycles. The minimum Gasteiger partial charge on any atom is -0.474 e. The maximum absolute atomic E-state index is 5.39. The molecule has 0 saturated carbocycles. The summed E-state index contributed by atoms with van der Waals surface area (Å²) in [7, 11) is 1.49. The molecular weight excluding hydrogens is 243 g/mol. The van der Waals surface area contributed by atoms with Crippen LogP contribution in [0.4, 0.5) is 0 Å². The molecule has 0 fully saturated rings. The Morgan fingerprint density at radius 2 is 1.60 bits per heavy atom. The molecule has 85 valence electrons. The van der Waals surface area contributed by atoms with E-state index in [9.17, 15) is 0 Å². The van der Waals surface area contributed by atoms with Gasteiger partial charge in [-0.05, 0) is 18.6 Å². The van der Waals surface area contributed by atoms with Gasteiger partial charge in [0.25, 0.3) is 0 Å². The van der Waals surface area contributed by atoms with E-state index >= 15 is 0 Å². The van der Waals surface area contributed by atoms with Gasteiger partial charge in [0.2, 0.25) is 0 Å². The second-order valence-corrected chi connectivity index (χ2v) is 5.57. The van der Waals surface area contributed by atoms with Crippen LogP contribution in [-0.2, 0) is 17.7 Å². The summed E-state index contributed by atoms with van der Waals surface area (Å²) < 4.78 is 20.6. The standard InChI is InChI=1S/C8H18O4SSi.Na/c1-5-6-7-8(13)12-14(9-2,10-3)11-4;/h5-7H2,1-4H3;. The normalized spacial score (nSPS) is 10.7. The summed E-state index contributed by atoms with van der Waals surface area (Å²) in [4.78, 5) is 0. The summed E-state index contributed by atoms with van der Waals surface area (Å²) in [5, 5.41) is 0.490. The Morgan fingerprint density at radius 1 is 1.13 bits per heavy atom. The minimum atomic E-state index is -2.97. The van der Waals surface area contributed by atoms with Gasteiger partial charge < -0.3 is 17.7 Å². The molecule has 0 heterocycles. The summed E-state index contributed by atoms with van der Waals surface area (Å²) >= 11 is 5.04. The number of rotatable bonds is 7.